The average molecular weight is 303 g/mol. The van der Waals surface area contributed by atoms with E-state index in [1.165, 1.54) is 12.8 Å². The molecular weight excluding hydrogens is 282 g/mol. The van der Waals surface area contributed by atoms with E-state index in [1.807, 2.05) is 6.07 Å². The molecule has 7 nitrogen and oxygen atoms in total. The summed E-state index contributed by atoms with van der Waals surface area (Å²) in [6.07, 6.45) is 5.13. The van der Waals surface area contributed by atoms with Gasteiger partial charge in [-0.15, -0.1) is 0 Å². The Morgan fingerprint density at radius 3 is 2.95 bits per heavy atom. The third-order valence-corrected chi connectivity index (χ3v) is 4.17. The second kappa shape index (κ2) is 6.72. The van der Waals surface area contributed by atoms with Crippen LogP contribution in [0.3, 0.4) is 0 Å². The highest BCUT2D eigenvalue weighted by Crippen LogP contribution is 2.15. The van der Waals surface area contributed by atoms with Crippen molar-refractivity contribution in [1.82, 2.24) is 20.6 Å². The number of hydrogen-bond donors (Lipinski definition) is 2. The molecule has 0 spiro atoms. The highest BCUT2D eigenvalue weighted by atomic mass is 16.2. The van der Waals surface area contributed by atoms with E-state index in [2.05, 4.69) is 25.5 Å². The minimum Gasteiger partial charge on any atom is -0.355 e. The smallest absolute Gasteiger partial charge is 0.225 e. The van der Waals surface area contributed by atoms with Crippen molar-refractivity contribution in [2.45, 2.75) is 32.2 Å². The van der Waals surface area contributed by atoms with Crippen LogP contribution in [0.4, 0.5) is 5.95 Å². The normalized spacial score (nSPS) is 21.5. The van der Waals surface area contributed by atoms with Gasteiger partial charge in [0.15, 0.2) is 0 Å². The first-order chi connectivity index (χ1) is 10.7. The standard InChI is InChI=1S/C15H21N5O2/c21-13-4-3-11(9-17-13)14(22)18-10-12-5-6-16-15(19-12)20-7-1-2-8-20/h5-6,11H,1-4,7-10H2,(H,17,21)(H,18,22). The zero-order valence-corrected chi connectivity index (χ0v) is 12.5. The van der Waals surface area contributed by atoms with Crippen molar-refractivity contribution in [2.75, 3.05) is 24.5 Å². The van der Waals surface area contributed by atoms with Crippen LogP contribution in [0.25, 0.3) is 0 Å². The molecule has 3 rings (SSSR count). The van der Waals surface area contributed by atoms with E-state index in [0.29, 0.717) is 25.9 Å². The Balaban J connectivity index is 1.53. The van der Waals surface area contributed by atoms with Crippen molar-refractivity contribution in [1.29, 1.82) is 0 Å². The fourth-order valence-corrected chi connectivity index (χ4v) is 2.83. The van der Waals surface area contributed by atoms with E-state index < -0.39 is 0 Å². The van der Waals surface area contributed by atoms with Gasteiger partial charge in [0.25, 0.3) is 0 Å². The molecule has 2 fully saturated rings. The lowest BCUT2D eigenvalue weighted by molar-refractivity contribution is -0.129. The molecule has 0 aliphatic carbocycles. The third kappa shape index (κ3) is 3.52. The summed E-state index contributed by atoms with van der Waals surface area (Å²) in [5.74, 6) is 0.600. The zero-order valence-electron chi connectivity index (χ0n) is 12.5. The van der Waals surface area contributed by atoms with Crippen molar-refractivity contribution in [3.63, 3.8) is 0 Å². The molecule has 0 saturated carbocycles. The molecule has 3 heterocycles. The molecule has 2 aliphatic heterocycles. The third-order valence-electron chi connectivity index (χ3n) is 4.17. The first-order valence-corrected chi connectivity index (χ1v) is 7.83. The SMILES string of the molecule is O=C1CCC(C(=O)NCc2ccnc(N3CCCC3)n2)CN1. The van der Waals surface area contributed by atoms with Gasteiger partial charge < -0.3 is 15.5 Å². The maximum Gasteiger partial charge on any atom is 0.225 e. The van der Waals surface area contributed by atoms with Crippen LogP contribution in [-0.4, -0.2) is 41.4 Å². The lowest BCUT2D eigenvalue weighted by atomic mass is 9.98. The highest BCUT2D eigenvalue weighted by Gasteiger charge is 2.24. The summed E-state index contributed by atoms with van der Waals surface area (Å²) in [6, 6.07) is 1.82. The molecule has 2 N–H and O–H groups in total. The van der Waals surface area contributed by atoms with E-state index in [0.717, 1.165) is 24.7 Å². The van der Waals surface area contributed by atoms with Gasteiger partial charge >= 0.3 is 0 Å². The van der Waals surface area contributed by atoms with Gasteiger partial charge in [0.2, 0.25) is 17.8 Å². The summed E-state index contributed by atoms with van der Waals surface area (Å²) in [5, 5.41) is 5.63. The van der Waals surface area contributed by atoms with Gasteiger partial charge in [-0.25, -0.2) is 9.97 Å². The minimum atomic E-state index is -0.141. The van der Waals surface area contributed by atoms with Gasteiger partial charge in [-0.2, -0.15) is 0 Å². The molecule has 1 aromatic heterocycles. The highest BCUT2D eigenvalue weighted by molar-refractivity contribution is 5.83. The minimum absolute atomic E-state index is 0.0232. The number of anilines is 1. The fraction of sp³-hybridized carbons (Fsp3) is 0.600. The molecule has 2 aliphatic rings. The maximum absolute atomic E-state index is 12.1. The number of amides is 2. The second-order valence-electron chi connectivity index (χ2n) is 5.80. The van der Waals surface area contributed by atoms with E-state index in [4.69, 9.17) is 0 Å². The van der Waals surface area contributed by atoms with Crippen molar-refractivity contribution in [3.05, 3.63) is 18.0 Å². The predicted molar refractivity (Wildman–Crippen MR) is 81.1 cm³/mol. The Hall–Kier alpha value is -2.18. The molecule has 22 heavy (non-hydrogen) atoms. The number of carbonyl (C=O) groups is 2. The zero-order chi connectivity index (χ0) is 15.4. The van der Waals surface area contributed by atoms with Crippen molar-refractivity contribution >= 4 is 17.8 Å². The molecule has 7 heteroatoms. The Bertz CT molecular complexity index is 547. The Morgan fingerprint density at radius 2 is 2.23 bits per heavy atom. The average Bonchev–Trinajstić information content (AvgIpc) is 3.08. The van der Waals surface area contributed by atoms with Crippen molar-refractivity contribution < 1.29 is 9.59 Å². The van der Waals surface area contributed by atoms with Gasteiger partial charge in [0.05, 0.1) is 18.2 Å². The largest absolute Gasteiger partial charge is 0.355 e. The molecule has 1 atom stereocenters. The Labute approximate surface area is 129 Å². The van der Waals surface area contributed by atoms with Crippen molar-refractivity contribution in [2.24, 2.45) is 5.92 Å². The topological polar surface area (TPSA) is 87.2 Å². The molecule has 0 radical (unpaired) electrons. The van der Waals surface area contributed by atoms with Gasteiger partial charge in [-0.3, -0.25) is 9.59 Å². The number of nitrogens with zero attached hydrogens (tertiary/aromatic N) is 3. The number of hydrogen-bond acceptors (Lipinski definition) is 5. The van der Waals surface area contributed by atoms with Crippen LogP contribution in [0, 0.1) is 5.92 Å². The quantitative estimate of drug-likeness (QED) is 0.831. The molecule has 2 amide bonds. The van der Waals surface area contributed by atoms with Crippen LogP contribution in [0.5, 0.6) is 0 Å². The van der Waals surface area contributed by atoms with Crippen LogP contribution in [0.2, 0.25) is 0 Å². The van der Waals surface area contributed by atoms with Gasteiger partial charge in [0, 0.05) is 32.3 Å². The number of carbonyl (C=O) groups excluding carboxylic acids is 2. The van der Waals surface area contributed by atoms with Crippen LogP contribution >= 0.6 is 0 Å². The Kier molecular flexibility index (Phi) is 4.50. The first kappa shape index (κ1) is 14.7. The summed E-state index contributed by atoms with van der Waals surface area (Å²) >= 11 is 0. The summed E-state index contributed by atoms with van der Waals surface area (Å²) < 4.78 is 0. The molecule has 118 valence electrons. The first-order valence-electron chi connectivity index (χ1n) is 7.83. The number of piperidine rings is 1. The van der Waals surface area contributed by atoms with Crippen molar-refractivity contribution in [3.8, 4) is 0 Å². The van der Waals surface area contributed by atoms with Crippen LogP contribution < -0.4 is 15.5 Å². The molecule has 0 aromatic carbocycles. The van der Waals surface area contributed by atoms with E-state index in [1.54, 1.807) is 6.20 Å². The molecular formula is C15H21N5O2. The van der Waals surface area contributed by atoms with E-state index in [9.17, 15) is 9.59 Å². The van der Waals surface area contributed by atoms with Crippen LogP contribution in [0.15, 0.2) is 12.3 Å². The van der Waals surface area contributed by atoms with Crippen LogP contribution in [0.1, 0.15) is 31.4 Å². The molecule has 1 unspecified atom stereocenters. The number of rotatable bonds is 4. The summed E-state index contributed by atoms with van der Waals surface area (Å²) in [6.45, 7) is 2.81. The van der Waals surface area contributed by atoms with Crippen LogP contribution in [-0.2, 0) is 16.1 Å². The molecule has 1 aromatic rings. The van der Waals surface area contributed by atoms with Gasteiger partial charge in [0.1, 0.15) is 0 Å². The number of aromatic nitrogens is 2. The maximum atomic E-state index is 12.1. The van der Waals surface area contributed by atoms with Gasteiger partial charge in [-0.1, -0.05) is 0 Å². The Morgan fingerprint density at radius 1 is 1.41 bits per heavy atom. The number of nitrogens with one attached hydrogen (secondary N) is 2. The lowest BCUT2D eigenvalue weighted by Crippen LogP contribution is -2.42. The monoisotopic (exact) mass is 303 g/mol. The summed E-state index contributed by atoms with van der Waals surface area (Å²) in [7, 11) is 0. The summed E-state index contributed by atoms with van der Waals surface area (Å²) in [4.78, 5) is 34.2. The predicted octanol–water partition coefficient (Wildman–Crippen LogP) is 0.219. The summed E-state index contributed by atoms with van der Waals surface area (Å²) in [5.41, 5.74) is 0.810. The second-order valence-corrected chi connectivity index (χ2v) is 5.80. The lowest BCUT2D eigenvalue weighted by Gasteiger charge is -2.21. The molecule has 2 saturated heterocycles. The van der Waals surface area contributed by atoms with E-state index in [-0.39, 0.29) is 17.7 Å². The van der Waals surface area contributed by atoms with Gasteiger partial charge in [-0.05, 0) is 25.3 Å². The molecule has 0 bridgehead atoms. The fourth-order valence-electron chi connectivity index (χ4n) is 2.83. The van der Waals surface area contributed by atoms with E-state index >= 15 is 0 Å².